The molecule has 1 fully saturated rings. The van der Waals surface area contributed by atoms with Gasteiger partial charge in [0.15, 0.2) is 11.6 Å². The molecule has 1 saturated heterocycles. The van der Waals surface area contributed by atoms with Gasteiger partial charge in [0.05, 0.1) is 13.2 Å². The molecule has 0 bridgehead atoms. The first-order valence-corrected chi connectivity index (χ1v) is 8.29. The molecule has 1 atom stereocenters. The highest BCUT2D eigenvalue weighted by Crippen LogP contribution is 2.19. The molecule has 0 aliphatic carbocycles. The van der Waals surface area contributed by atoms with E-state index in [1.807, 2.05) is 0 Å². The van der Waals surface area contributed by atoms with Crippen LogP contribution in [0.4, 0.5) is 8.78 Å². The van der Waals surface area contributed by atoms with Crippen molar-refractivity contribution >= 4 is 11.8 Å². The molecule has 1 aromatic rings. The van der Waals surface area contributed by atoms with Gasteiger partial charge in [0, 0.05) is 39.5 Å². The van der Waals surface area contributed by atoms with E-state index in [-0.39, 0.29) is 43.6 Å². The fraction of sp³-hybridized carbons (Fsp3) is 0.529. The Hall–Kier alpha value is -2.26. The maximum absolute atomic E-state index is 13.6. The molecule has 0 saturated carbocycles. The summed E-state index contributed by atoms with van der Waals surface area (Å²) in [6.07, 6.45) is -0.276. The van der Waals surface area contributed by atoms with Crippen molar-refractivity contribution in [2.24, 2.45) is 0 Å². The summed E-state index contributed by atoms with van der Waals surface area (Å²) in [4.78, 5) is 25.4. The van der Waals surface area contributed by atoms with E-state index < -0.39 is 17.7 Å². The molecule has 1 heterocycles. The molecule has 1 N–H and O–H groups in total. The number of carbonyl (C=O) groups is 2. The average Bonchev–Trinajstić information content (AvgIpc) is 2.60. The highest BCUT2D eigenvalue weighted by atomic mass is 19.1. The Kier molecular flexibility index (Phi) is 7.28. The van der Waals surface area contributed by atoms with Crippen molar-refractivity contribution in [2.75, 3.05) is 40.4 Å². The summed E-state index contributed by atoms with van der Waals surface area (Å²) in [7, 11) is 3.38. The predicted octanol–water partition coefficient (Wildman–Crippen LogP) is 0.944. The van der Waals surface area contributed by atoms with Gasteiger partial charge >= 0.3 is 0 Å². The molecule has 0 aromatic heterocycles. The molecule has 26 heavy (non-hydrogen) atoms. The number of hydrogen-bond acceptors (Lipinski definition) is 5. The molecular formula is C17H23F2N3O4. The molecule has 7 nitrogen and oxygen atoms in total. The molecule has 144 valence electrons. The van der Waals surface area contributed by atoms with Crippen molar-refractivity contribution in [1.29, 1.82) is 0 Å². The molecule has 9 heteroatoms. The zero-order valence-corrected chi connectivity index (χ0v) is 14.8. The number of rotatable bonds is 7. The summed E-state index contributed by atoms with van der Waals surface area (Å²) in [5.41, 5.74) is 2.57. The highest BCUT2D eigenvalue weighted by molar-refractivity contribution is 5.83. The lowest BCUT2D eigenvalue weighted by Crippen LogP contribution is -2.48. The summed E-state index contributed by atoms with van der Waals surface area (Å²) in [6, 6.07) is 2.96. The number of carbonyl (C=O) groups excluding carboxylic acids is 2. The quantitative estimate of drug-likeness (QED) is 0.723. The fourth-order valence-electron chi connectivity index (χ4n) is 2.50. The van der Waals surface area contributed by atoms with E-state index in [0.717, 1.165) is 18.2 Å². The Morgan fingerprint density at radius 3 is 2.85 bits per heavy atom. The molecule has 0 radical (unpaired) electrons. The van der Waals surface area contributed by atoms with Crippen molar-refractivity contribution in [2.45, 2.75) is 18.9 Å². The van der Waals surface area contributed by atoms with Crippen LogP contribution in [0.2, 0.25) is 0 Å². The zero-order chi connectivity index (χ0) is 19.1. The first-order chi connectivity index (χ1) is 12.3. The number of morpholine rings is 1. The predicted molar refractivity (Wildman–Crippen MR) is 89.2 cm³/mol. The maximum Gasteiger partial charge on any atom is 0.234 e. The molecule has 1 unspecified atom stereocenters. The van der Waals surface area contributed by atoms with Gasteiger partial charge < -0.3 is 14.4 Å². The molecular weight excluding hydrogens is 348 g/mol. The van der Waals surface area contributed by atoms with E-state index in [1.165, 1.54) is 5.01 Å². The lowest BCUT2D eigenvalue weighted by molar-refractivity contribution is -0.141. The Bertz CT molecular complexity index is 642. The third-order valence-corrected chi connectivity index (χ3v) is 3.72. The van der Waals surface area contributed by atoms with Crippen LogP contribution in [-0.4, -0.2) is 68.2 Å². The van der Waals surface area contributed by atoms with E-state index in [4.69, 9.17) is 9.47 Å². The summed E-state index contributed by atoms with van der Waals surface area (Å²) in [6.45, 7) is 0.991. The number of halogens is 2. The van der Waals surface area contributed by atoms with E-state index >= 15 is 0 Å². The van der Waals surface area contributed by atoms with Gasteiger partial charge in [-0.1, -0.05) is 0 Å². The first kappa shape index (κ1) is 20.1. The minimum Gasteiger partial charge on any atom is -0.488 e. The molecule has 0 spiro atoms. The van der Waals surface area contributed by atoms with Crippen LogP contribution in [0.15, 0.2) is 18.2 Å². The number of nitrogens with one attached hydrogen (secondary N) is 1. The first-order valence-electron chi connectivity index (χ1n) is 8.29. The van der Waals surface area contributed by atoms with Gasteiger partial charge in [-0.15, -0.1) is 0 Å². The lowest BCUT2D eigenvalue weighted by atomic mass is 10.2. The third-order valence-electron chi connectivity index (χ3n) is 3.72. The van der Waals surface area contributed by atoms with Gasteiger partial charge in [0.1, 0.15) is 18.5 Å². The number of hydrazine groups is 1. The van der Waals surface area contributed by atoms with E-state index in [1.54, 1.807) is 19.0 Å². The van der Waals surface area contributed by atoms with Gasteiger partial charge in [-0.3, -0.25) is 15.0 Å². The number of benzene rings is 1. The van der Waals surface area contributed by atoms with Crippen LogP contribution in [0, 0.1) is 11.6 Å². The molecule has 1 aliphatic rings. The minimum atomic E-state index is -0.665. The van der Waals surface area contributed by atoms with Crippen LogP contribution in [0.1, 0.15) is 12.8 Å². The Morgan fingerprint density at radius 2 is 2.12 bits per heavy atom. The lowest BCUT2D eigenvalue weighted by Gasteiger charge is -2.33. The average molecular weight is 371 g/mol. The smallest absolute Gasteiger partial charge is 0.234 e. The van der Waals surface area contributed by atoms with Crippen LogP contribution < -0.4 is 10.2 Å². The van der Waals surface area contributed by atoms with Crippen molar-refractivity contribution in [3.8, 4) is 5.75 Å². The highest BCUT2D eigenvalue weighted by Gasteiger charge is 2.25. The van der Waals surface area contributed by atoms with Crippen LogP contribution in [0.3, 0.4) is 0 Å². The van der Waals surface area contributed by atoms with Crippen LogP contribution in [0.25, 0.3) is 0 Å². The van der Waals surface area contributed by atoms with Crippen LogP contribution in [-0.2, 0) is 14.3 Å². The van der Waals surface area contributed by atoms with Crippen LogP contribution >= 0.6 is 0 Å². The Labute approximate surface area is 150 Å². The largest absolute Gasteiger partial charge is 0.488 e. The van der Waals surface area contributed by atoms with Crippen molar-refractivity contribution < 1.29 is 27.8 Å². The Balaban J connectivity index is 1.80. The number of hydrogen-bond donors (Lipinski definition) is 1. The van der Waals surface area contributed by atoms with Gasteiger partial charge in [0.2, 0.25) is 11.8 Å². The topological polar surface area (TPSA) is 71.1 Å². The monoisotopic (exact) mass is 371 g/mol. The fourth-order valence-corrected chi connectivity index (χ4v) is 2.50. The van der Waals surface area contributed by atoms with E-state index in [0.29, 0.717) is 13.2 Å². The second-order valence-corrected chi connectivity index (χ2v) is 6.15. The van der Waals surface area contributed by atoms with Gasteiger partial charge in [-0.25, -0.2) is 13.8 Å². The zero-order valence-electron chi connectivity index (χ0n) is 14.8. The minimum absolute atomic E-state index is 0.00866. The number of ether oxygens (including phenoxy) is 2. The van der Waals surface area contributed by atoms with Gasteiger partial charge in [0.25, 0.3) is 0 Å². The van der Waals surface area contributed by atoms with Gasteiger partial charge in [-0.2, -0.15) is 0 Å². The third kappa shape index (κ3) is 6.23. The summed E-state index contributed by atoms with van der Waals surface area (Å²) in [5, 5.41) is 1.51. The van der Waals surface area contributed by atoms with Gasteiger partial charge in [-0.05, 0) is 12.1 Å². The second-order valence-electron chi connectivity index (χ2n) is 6.15. The van der Waals surface area contributed by atoms with Crippen molar-refractivity contribution in [1.82, 2.24) is 15.3 Å². The van der Waals surface area contributed by atoms with Crippen molar-refractivity contribution in [3.05, 3.63) is 29.8 Å². The number of amides is 2. The SMILES string of the molecule is CN(C)NC(=O)CCC(=O)N1CCOC(COc2cc(F)ccc2F)C1. The van der Waals surface area contributed by atoms with E-state index in [2.05, 4.69) is 5.43 Å². The normalized spacial score (nSPS) is 17.3. The number of nitrogens with zero attached hydrogens (tertiary/aromatic N) is 2. The standard InChI is InChI=1S/C17H23F2N3O4/c1-21(2)20-16(23)5-6-17(24)22-7-8-25-13(10-22)11-26-15-9-12(18)3-4-14(15)19/h3-4,9,13H,5-8,10-11H2,1-2H3,(H,20,23). The van der Waals surface area contributed by atoms with Crippen LogP contribution in [0.5, 0.6) is 5.75 Å². The molecule has 1 aromatic carbocycles. The molecule has 2 rings (SSSR count). The summed E-state index contributed by atoms with van der Waals surface area (Å²) in [5.74, 6) is -1.86. The maximum atomic E-state index is 13.6. The molecule has 1 aliphatic heterocycles. The second kappa shape index (κ2) is 9.44. The summed E-state index contributed by atoms with van der Waals surface area (Å²) < 4.78 is 37.5. The van der Waals surface area contributed by atoms with E-state index in [9.17, 15) is 18.4 Å². The summed E-state index contributed by atoms with van der Waals surface area (Å²) >= 11 is 0. The molecule has 2 amide bonds. The Morgan fingerprint density at radius 1 is 1.35 bits per heavy atom. The van der Waals surface area contributed by atoms with Crippen molar-refractivity contribution in [3.63, 3.8) is 0 Å².